The summed E-state index contributed by atoms with van der Waals surface area (Å²) in [5.74, 6) is -1.38. The summed E-state index contributed by atoms with van der Waals surface area (Å²) in [7, 11) is 0. The highest BCUT2D eigenvalue weighted by molar-refractivity contribution is 6.53. The first-order valence-corrected chi connectivity index (χ1v) is 7.95. The average Bonchev–Trinajstić information content (AvgIpc) is 3.00. The zero-order valence-corrected chi connectivity index (χ0v) is 14.9. The van der Waals surface area contributed by atoms with Gasteiger partial charge in [-0.1, -0.05) is 11.6 Å². The lowest BCUT2D eigenvalue weighted by Crippen LogP contribution is -2.33. The molecule has 1 aliphatic carbocycles. The second kappa shape index (κ2) is 6.38. The highest BCUT2D eigenvalue weighted by Gasteiger charge is 2.69. The number of carbonyl (C=O) groups excluding carboxylic acids is 2. The highest BCUT2D eigenvalue weighted by Crippen LogP contribution is 2.64. The van der Waals surface area contributed by atoms with Gasteiger partial charge in [0, 0.05) is 18.6 Å². The van der Waals surface area contributed by atoms with E-state index in [1.807, 2.05) is 0 Å². The fraction of sp³-hybridized carbons (Fsp3) is 0.429. The van der Waals surface area contributed by atoms with Gasteiger partial charge in [0.15, 0.2) is 6.10 Å². The van der Waals surface area contributed by atoms with Crippen LogP contribution < -0.4 is 5.32 Å². The van der Waals surface area contributed by atoms with Crippen LogP contribution in [0.2, 0.25) is 5.02 Å². The average molecular weight is 396 g/mol. The number of nitro groups is 1. The lowest BCUT2D eigenvalue weighted by atomic mass is 10.1. The van der Waals surface area contributed by atoms with E-state index in [1.54, 1.807) is 0 Å². The van der Waals surface area contributed by atoms with E-state index in [9.17, 15) is 19.7 Å². The number of hydrogen-bond donors (Lipinski definition) is 1. The maximum absolute atomic E-state index is 12.1. The molecule has 0 aliphatic heterocycles. The number of amides is 1. The van der Waals surface area contributed by atoms with E-state index >= 15 is 0 Å². The predicted molar refractivity (Wildman–Crippen MR) is 89.5 cm³/mol. The molecule has 1 N–H and O–H groups in total. The van der Waals surface area contributed by atoms with Gasteiger partial charge in [0.05, 0.1) is 15.6 Å². The predicted octanol–water partition coefficient (Wildman–Crippen LogP) is 3.70. The van der Waals surface area contributed by atoms with Crippen molar-refractivity contribution in [2.45, 2.75) is 30.7 Å². The van der Waals surface area contributed by atoms with Gasteiger partial charge in [-0.2, -0.15) is 0 Å². The molecular weight excluding hydrogens is 383 g/mol. The van der Waals surface area contributed by atoms with E-state index in [4.69, 9.17) is 39.5 Å². The van der Waals surface area contributed by atoms with Gasteiger partial charge in [-0.3, -0.25) is 19.7 Å². The van der Waals surface area contributed by atoms with Gasteiger partial charge in [-0.15, -0.1) is 23.2 Å². The summed E-state index contributed by atoms with van der Waals surface area (Å²) < 4.78 is 3.86. The van der Waals surface area contributed by atoms with Crippen molar-refractivity contribution in [3.8, 4) is 0 Å². The van der Waals surface area contributed by atoms with Crippen LogP contribution in [0.25, 0.3) is 0 Å². The summed E-state index contributed by atoms with van der Waals surface area (Å²) in [5.41, 5.74) is -1.26. The van der Waals surface area contributed by atoms with Crippen molar-refractivity contribution in [3.63, 3.8) is 0 Å². The fourth-order valence-corrected chi connectivity index (χ4v) is 2.78. The van der Waals surface area contributed by atoms with E-state index < -0.39 is 32.7 Å². The third-order valence-corrected chi connectivity index (χ3v) is 5.21. The molecule has 2 rings (SSSR count). The van der Waals surface area contributed by atoms with Gasteiger partial charge in [0.2, 0.25) is 0 Å². The zero-order valence-electron chi connectivity index (χ0n) is 12.6. The molecule has 7 nitrogen and oxygen atoms in total. The summed E-state index contributed by atoms with van der Waals surface area (Å²) in [4.78, 5) is 34.3. The SMILES string of the molecule is CC(OC(=O)C1(C)CC1(Cl)Cl)C(=O)Nc1cc([N+](=O)[O-])ccc1Cl. The van der Waals surface area contributed by atoms with Crippen LogP contribution in [0.1, 0.15) is 20.3 Å². The number of nitrogens with zero attached hydrogens (tertiary/aromatic N) is 1. The van der Waals surface area contributed by atoms with E-state index in [1.165, 1.54) is 26.0 Å². The third kappa shape index (κ3) is 3.58. The number of nitrogens with one attached hydrogen (secondary N) is 1. The summed E-state index contributed by atoms with van der Waals surface area (Å²) in [6.45, 7) is 2.89. The van der Waals surface area contributed by atoms with E-state index in [-0.39, 0.29) is 22.8 Å². The van der Waals surface area contributed by atoms with Crippen LogP contribution in [0.5, 0.6) is 0 Å². The van der Waals surface area contributed by atoms with Crippen LogP contribution >= 0.6 is 34.8 Å². The number of rotatable bonds is 5. The monoisotopic (exact) mass is 394 g/mol. The number of hydrogen-bond acceptors (Lipinski definition) is 5. The molecule has 0 spiro atoms. The smallest absolute Gasteiger partial charge is 0.315 e. The van der Waals surface area contributed by atoms with Crippen LogP contribution in [-0.4, -0.2) is 27.2 Å². The van der Waals surface area contributed by atoms with Gasteiger partial charge >= 0.3 is 5.97 Å². The number of nitro benzene ring substituents is 1. The van der Waals surface area contributed by atoms with Crippen LogP contribution in [0, 0.1) is 15.5 Å². The molecule has 0 saturated heterocycles. The molecule has 1 fully saturated rings. The Hall–Kier alpha value is -1.57. The molecule has 1 saturated carbocycles. The Balaban J connectivity index is 2.03. The van der Waals surface area contributed by atoms with E-state index in [2.05, 4.69) is 5.32 Å². The summed E-state index contributed by atoms with van der Waals surface area (Å²) in [5, 5.41) is 13.3. The van der Waals surface area contributed by atoms with Gasteiger partial charge < -0.3 is 10.1 Å². The van der Waals surface area contributed by atoms with Crippen molar-refractivity contribution in [1.82, 2.24) is 0 Å². The number of carbonyl (C=O) groups is 2. The molecule has 0 heterocycles. The Labute approximate surface area is 152 Å². The minimum atomic E-state index is -1.20. The topological polar surface area (TPSA) is 98.5 Å². The molecule has 1 aromatic rings. The summed E-state index contributed by atoms with van der Waals surface area (Å²) >= 11 is 17.7. The Morgan fingerprint density at radius 3 is 2.50 bits per heavy atom. The van der Waals surface area contributed by atoms with Gasteiger partial charge in [-0.25, -0.2) is 0 Å². The van der Waals surface area contributed by atoms with E-state index in [0.29, 0.717) is 0 Å². The van der Waals surface area contributed by atoms with Crippen LogP contribution in [0.3, 0.4) is 0 Å². The molecule has 10 heteroatoms. The molecule has 0 radical (unpaired) electrons. The largest absolute Gasteiger partial charge is 0.452 e. The van der Waals surface area contributed by atoms with Crippen molar-refractivity contribution in [3.05, 3.63) is 33.3 Å². The zero-order chi connectivity index (χ0) is 18.3. The Kier molecular flexibility index (Phi) is 4.99. The Morgan fingerprint density at radius 1 is 1.42 bits per heavy atom. The molecule has 0 bridgehead atoms. The lowest BCUT2D eigenvalue weighted by Gasteiger charge is -2.17. The van der Waals surface area contributed by atoms with Crippen LogP contribution in [0.4, 0.5) is 11.4 Å². The molecule has 24 heavy (non-hydrogen) atoms. The maximum Gasteiger partial charge on any atom is 0.315 e. The summed E-state index contributed by atoms with van der Waals surface area (Å²) in [6, 6.07) is 3.60. The number of esters is 1. The van der Waals surface area contributed by atoms with Crippen molar-refractivity contribution >= 4 is 58.1 Å². The Morgan fingerprint density at radius 2 is 2.00 bits per heavy atom. The second-order valence-corrected chi connectivity index (χ2v) is 7.56. The van der Waals surface area contributed by atoms with Crippen molar-refractivity contribution in [2.24, 2.45) is 5.41 Å². The third-order valence-electron chi connectivity index (χ3n) is 3.78. The molecule has 0 aromatic heterocycles. The van der Waals surface area contributed by atoms with Crippen molar-refractivity contribution in [2.75, 3.05) is 5.32 Å². The van der Waals surface area contributed by atoms with Crippen molar-refractivity contribution < 1.29 is 19.2 Å². The molecule has 130 valence electrons. The number of anilines is 1. The second-order valence-electron chi connectivity index (χ2n) is 5.67. The summed E-state index contributed by atoms with van der Waals surface area (Å²) in [6.07, 6.45) is -0.929. The van der Waals surface area contributed by atoms with Gasteiger partial charge in [0.1, 0.15) is 9.75 Å². The maximum atomic E-state index is 12.1. The molecule has 1 amide bonds. The molecule has 1 aromatic carbocycles. The number of alkyl halides is 2. The van der Waals surface area contributed by atoms with E-state index in [0.717, 1.165) is 6.07 Å². The first kappa shape index (κ1) is 18.8. The number of halogens is 3. The minimum Gasteiger partial charge on any atom is -0.452 e. The van der Waals surface area contributed by atoms with Crippen molar-refractivity contribution in [1.29, 1.82) is 0 Å². The van der Waals surface area contributed by atoms with Crippen LogP contribution in [-0.2, 0) is 14.3 Å². The molecule has 1 aliphatic rings. The standard InChI is InChI=1S/C14H13Cl3N2O5/c1-7(24-12(21)13(2)6-14(13,16)17)11(20)18-10-5-8(19(22)23)3-4-9(10)15/h3-5,7H,6H2,1-2H3,(H,18,20). The lowest BCUT2D eigenvalue weighted by molar-refractivity contribution is -0.384. The minimum absolute atomic E-state index is 0.0421. The molecule has 2 atom stereocenters. The molecular formula is C14H13Cl3N2O5. The first-order valence-electron chi connectivity index (χ1n) is 6.81. The van der Waals surface area contributed by atoms with Gasteiger partial charge in [-0.05, 0) is 19.9 Å². The highest BCUT2D eigenvalue weighted by atomic mass is 35.5. The fourth-order valence-electron chi connectivity index (χ4n) is 1.92. The quantitative estimate of drug-likeness (QED) is 0.355. The number of benzene rings is 1. The van der Waals surface area contributed by atoms with Gasteiger partial charge in [0.25, 0.3) is 11.6 Å². The molecule has 2 unspecified atom stereocenters. The number of ether oxygens (including phenoxy) is 1. The van der Waals surface area contributed by atoms with Crippen LogP contribution in [0.15, 0.2) is 18.2 Å². The Bertz CT molecular complexity index is 724. The normalized spacial score (nSPS) is 22.4. The number of non-ortho nitro benzene ring substituents is 1. The first-order chi connectivity index (χ1) is 11.0.